The Labute approximate surface area is 114 Å². The molecule has 0 aliphatic rings. The highest BCUT2D eigenvalue weighted by Crippen LogP contribution is 2.11. The van der Waals surface area contributed by atoms with Crippen LogP contribution in [0, 0.1) is 0 Å². The highest BCUT2D eigenvalue weighted by atomic mass is 16.5. The highest BCUT2D eigenvalue weighted by molar-refractivity contribution is 5.80. The summed E-state index contributed by atoms with van der Waals surface area (Å²) < 4.78 is 5.55. The average Bonchev–Trinajstić information content (AvgIpc) is 2.45. The van der Waals surface area contributed by atoms with Gasteiger partial charge in [-0.3, -0.25) is 9.78 Å². The topological polar surface area (TPSA) is 77.2 Å². The van der Waals surface area contributed by atoms with Crippen molar-refractivity contribution in [1.82, 2.24) is 10.3 Å². The van der Waals surface area contributed by atoms with Gasteiger partial charge in [0.2, 0.25) is 0 Å². The van der Waals surface area contributed by atoms with Gasteiger partial charge in [0.15, 0.2) is 6.10 Å². The monoisotopic (exact) mass is 265 g/mol. The summed E-state index contributed by atoms with van der Waals surface area (Å²) in [7, 11) is 0. The zero-order valence-corrected chi connectivity index (χ0v) is 11.8. The molecule has 5 heteroatoms. The van der Waals surface area contributed by atoms with E-state index in [0.717, 1.165) is 18.5 Å². The summed E-state index contributed by atoms with van der Waals surface area (Å²) in [6.07, 6.45) is 2.89. The van der Waals surface area contributed by atoms with Gasteiger partial charge in [-0.2, -0.15) is 0 Å². The number of nitrogens with zero attached hydrogens (tertiary/aromatic N) is 1. The molecule has 0 aliphatic carbocycles. The summed E-state index contributed by atoms with van der Waals surface area (Å²) in [5.74, 6) is 0.473. The molecule has 1 heterocycles. The molecule has 0 saturated heterocycles. The summed E-state index contributed by atoms with van der Waals surface area (Å²) in [6, 6.07) is 3.77. The molecule has 1 amide bonds. The lowest BCUT2D eigenvalue weighted by molar-refractivity contribution is -0.128. The molecule has 0 bridgehead atoms. The molecule has 0 radical (unpaired) electrons. The maximum atomic E-state index is 11.9. The molecule has 0 saturated carbocycles. The van der Waals surface area contributed by atoms with Crippen LogP contribution in [0.3, 0.4) is 0 Å². The number of pyridine rings is 1. The van der Waals surface area contributed by atoms with Crippen molar-refractivity contribution < 1.29 is 9.53 Å². The second kappa shape index (κ2) is 7.74. The van der Waals surface area contributed by atoms with Gasteiger partial charge < -0.3 is 15.8 Å². The van der Waals surface area contributed by atoms with Crippen molar-refractivity contribution >= 4 is 5.91 Å². The van der Waals surface area contributed by atoms with Gasteiger partial charge >= 0.3 is 0 Å². The van der Waals surface area contributed by atoms with Crippen LogP contribution in [0.5, 0.6) is 5.75 Å². The highest BCUT2D eigenvalue weighted by Gasteiger charge is 2.17. The summed E-state index contributed by atoms with van der Waals surface area (Å²) in [5, 5.41) is 2.95. The van der Waals surface area contributed by atoms with Crippen LogP contribution in [0.15, 0.2) is 18.3 Å². The molecular weight excluding hydrogens is 242 g/mol. The van der Waals surface area contributed by atoms with Gasteiger partial charge in [0.05, 0.1) is 11.9 Å². The molecule has 1 rings (SSSR count). The Hall–Kier alpha value is -1.62. The van der Waals surface area contributed by atoms with Gasteiger partial charge in [-0.15, -0.1) is 0 Å². The molecule has 106 valence electrons. The van der Waals surface area contributed by atoms with Gasteiger partial charge in [0.1, 0.15) is 5.75 Å². The van der Waals surface area contributed by atoms with E-state index in [4.69, 9.17) is 10.5 Å². The second-order valence-electron chi connectivity index (χ2n) is 4.47. The summed E-state index contributed by atoms with van der Waals surface area (Å²) >= 11 is 0. The number of nitrogens with one attached hydrogen (secondary N) is 1. The fourth-order valence-electron chi connectivity index (χ4n) is 1.67. The molecular formula is C14H23N3O2. The number of amides is 1. The van der Waals surface area contributed by atoms with Crippen LogP contribution in [-0.2, 0) is 11.3 Å². The van der Waals surface area contributed by atoms with Crippen LogP contribution in [0.2, 0.25) is 0 Å². The van der Waals surface area contributed by atoms with Gasteiger partial charge in [0, 0.05) is 12.6 Å². The number of ether oxygens (including phenoxy) is 1. The van der Waals surface area contributed by atoms with Crippen molar-refractivity contribution in [3.8, 4) is 5.75 Å². The van der Waals surface area contributed by atoms with Gasteiger partial charge in [-0.25, -0.2) is 0 Å². The van der Waals surface area contributed by atoms with Crippen molar-refractivity contribution in [3.63, 3.8) is 0 Å². The zero-order chi connectivity index (χ0) is 14.3. The SMILES string of the molecule is CCC(CC)NC(=O)C(C)Oc1ccc(CN)nc1. The number of rotatable bonds is 7. The molecule has 0 aromatic carbocycles. The number of carbonyl (C=O) groups excluding carboxylic acids is 1. The smallest absolute Gasteiger partial charge is 0.260 e. The van der Waals surface area contributed by atoms with Crippen molar-refractivity contribution in [3.05, 3.63) is 24.0 Å². The lowest BCUT2D eigenvalue weighted by Gasteiger charge is -2.19. The quantitative estimate of drug-likeness (QED) is 0.785. The Bertz CT molecular complexity index is 388. The molecule has 19 heavy (non-hydrogen) atoms. The number of hydrogen-bond acceptors (Lipinski definition) is 4. The Kier molecular flexibility index (Phi) is 6.29. The standard InChI is InChI=1S/C14H23N3O2/c1-4-11(5-2)17-14(18)10(3)19-13-7-6-12(8-15)16-9-13/h6-7,9-11H,4-5,8,15H2,1-3H3,(H,17,18). The normalized spacial score (nSPS) is 12.3. The van der Waals surface area contributed by atoms with E-state index in [9.17, 15) is 4.79 Å². The average molecular weight is 265 g/mol. The molecule has 1 unspecified atom stereocenters. The fourth-order valence-corrected chi connectivity index (χ4v) is 1.67. The van der Waals surface area contributed by atoms with Crippen LogP contribution in [-0.4, -0.2) is 23.0 Å². The number of aromatic nitrogens is 1. The first kappa shape index (κ1) is 15.4. The van der Waals surface area contributed by atoms with E-state index in [0.29, 0.717) is 12.3 Å². The minimum absolute atomic E-state index is 0.100. The summed E-state index contributed by atoms with van der Waals surface area (Å²) in [6.45, 7) is 6.23. The Balaban J connectivity index is 2.53. The summed E-state index contributed by atoms with van der Waals surface area (Å²) in [4.78, 5) is 16.0. The second-order valence-corrected chi connectivity index (χ2v) is 4.47. The van der Waals surface area contributed by atoms with Crippen LogP contribution < -0.4 is 15.8 Å². The fraction of sp³-hybridized carbons (Fsp3) is 0.571. The number of hydrogen-bond donors (Lipinski definition) is 2. The molecule has 5 nitrogen and oxygen atoms in total. The van der Waals surface area contributed by atoms with E-state index in [1.54, 1.807) is 25.3 Å². The largest absolute Gasteiger partial charge is 0.479 e. The molecule has 3 N–H and O–H groups in total. The van der Waals surface area contributed by atoms with E-state index in [-0.39, 0.29) is 11.9 Å². The lowest BCUT2D eigenvalue weighted by Crippen LogP contribution is -2.42. The van der Waals surface area contributed by atoms with Gasteiger partial charge in [0.25, 0.3) is 5.91 Å². The molecule has 0 spiro atoms. The third-order valence-corrected chi connectivity index (χ3v) is 3.02. The maximum absolute atomic E-state index is 11.9. The first-order valence-electron chi connectivity index (χ1n) is 6.72. The van der Waals surface area contributed by atoms with E-state index in [2.05, 4.69) is 24.1 Å². The van der Waals surface area contributed by atoms with E-state index < -0.39 is 6.10 Å². The molecule has 1 aromatic rings. The first-order chi connectivity index (χ1) is 9.10. The van der Waals surface area contributed by atoms with Crippen molar-refractivity contribution in [1.29, 1.82) is 0 Å². The third kappa shape index (κ3) is 4.87. The Morgan fingerprint density at radius 3 is 2.58 bits per heavy atom. The van der Waals surface area contributed by atoms with Crippen molar-refractivity contribution in [2.45, 2.75) is 52.3 Å². The Morgan fingerprint density at radius 1 is 1.42 bits per heavy atom. The maximum Gasteiger partial charge on any atom is 0.260 e. The number of carbonyl (C=O) groups is 1. The first-order valence-corrected chi connectivity index (χ1v) is 6.72. The minimum atomic E-state index is -0.536. The zero-order valence-electron chi connectivity index (χ0n) is 11.8. The molecule has 1 atom stereocenters. The van der Waals surface area contributed by atoms with Crippen LogP contribution >= 0.6 is 0 Å². The van der Waals surface area contributed by atoms with Gasteiger partial charge in [-0.05, 0) is 31.9 Å². The van der Waals surface area contributed by atoms with Crippen molar-refractivity contribution in [2.24, 2.45) is 5.73 Å². The van der Waals surface area contributed by atoms with Crippen LogP contribution in [0.4, 0.5) is 0 Å². The predicted molar refractivity (Wildman–Crippen MR) is 74.7 cm³/mol. The van der Waals surface area contributed by atoms with E-state index >= 15 is 0 Å². The lowest BCUT2D eigenvalue weighted by atomic mass is 10.1. The minimum Gasteiger partial charge on any atom is -0.479 e. The molecule has 1 aromatic heterocycles. The van der Waals surface area contributed by atoms with Crippen LogP contribution in [0.1, 0.15) is 39.3 Å². The van der Waals surface area contributed by atoms with E-state index in [1.165, 1.54) is 0 Å². The summed E-state index contributed by atoms with van der Waals surface area (Å²) in [5.41, 5.74) is 6.26. The molecule has 0 aliphatic heterocycles. The predicted octanol–water partition coefficient (Wildman–Crippen LogP) is 1.61. The van der Waals surface area contributed by atoms with Crippen molar-refractivity contribution in [2.75, 3.05) is 0 Å². The number of nitrogens with two attached hydrogens (primary N) is 1. The third-order valence-electron chi connectivity index (χ3n) is 3.02. The van der Waals surface area contributed by atoms with Gasteiger partial charge in [-0.1, -0.05) is 13.8 Å². The Morgan fingerprint density at radius 2 is 2.11 bits per heavy atom. The van der Waals surface area contributed by atoms with Crippen LogP contribution in [0.25, 0.3) is 0 Å². The van der Waals surface area contributed by atoms with E-state index in [1.807, 2.05) is 0 Å². The molecule has 0 fully saturated rings.